The lowest BCUT2D eigenvalue weighted by Gasteiger charge is -2.31. The van der Waals surface area contributed by atoms with Crippen molar-refractivity contribution in [3.05, 3.63) is 22.7 Å². The number of hydrogen-bond acceptors (Lipinski definition) is 5. The van der Waals surface area contributed by atoms with E-state index in [9.17, 15) is 4.79 Å². The first kappa shape index (κ1) is 14.9. The van der Waals surface area contributed by atoms with Gasteiger partial charge in [-0.1, -0.05) is 18.3 Å². The van der Waals surface area contributed by atoms with Crippen molar-refractivity contribution in [2.45, 2.75) is 12.8 Å². The zero-order valence-electron chi connectivity index (χ0n) is 10.8. The van der Waals surface area contributed by atoms with E-state index in [2.05, 4.69) is 23.4 Å². The minimum absolute atomic E-state index is 0.121. The molecule has 5 nitrogen and oxygen atoms in total. The van der Waals surface area contributed by atoms with Gasteiger partial charge in [0.25, 0.3) is 0 Å². The molecule has 1 rings (SSSR count). The van der Waals surface area contributed by atoms with E-state index in [0.717, 1.165) is 62.0 Å². The predicted octanol–water partition coefficient (Wildman–Crippen LogP) is 1.10. The molecule has 0 bridgehead atoms. The van der Waals surface area contributed by atoms with Gasteiger partial charge in [0.2, 0.25) is 0 Å². The van der Waals surface area contributed by atoms with Crippen molar-refractivity contribution in [1.29, 1.82) is 0 Å². The molecule has 0 radical (unpaired) electrons. The van der Waals surface area contributed by atoms with E-state index in [1.54, 1.807) is 0 Å². The number of carbonyl (C=O) groups is 1. The largest absolute Gasteiger partial charge is 0.477 e. The van der Waals surface area contributed by atoms with Crippen molar-refractivity contribution in [2.75, 3.05) is 33.2 Å². The van der Waals surface area contributed by atoms with Crippen LogP contribution in [-0.2, 0) is 4.79 Å². The molecule has 0 atom stereocenters. The van der Waals surface area contributed by atoms with Crippen molar-refractivity contribution in [3.63, 3.8) is 0 Å². The van der Waals surface area contributed by atoms with Crippen molar-refractivity contribution < 1.29 is 9.90 Å². The van der Waals surface area contributed by atoms with E-state index >= 15 is 0 Å². The summed E-state index contributed by atoms with van der Waals surface area (Å²) in [5.74, 6) is -1.01. The molecule has 6 heteroatoms. The fourth-order valence-corrected chi connectivity index (χ4v) is 2.51. The highest BCUT2D eigenvalue weighted by Crippen LogP contribution is 2.27. The Morgan fingerprint density at radius 2 is 2.00 bits per heavy atom. The van der Waals surface area contributed by atoms with Gasteiger partial charge >= 0.3 is 5.97 Å². The summed E-state index contributed by atoms with van der Waals surface area (Å²) in [6.45, 7) is 7.85. The molecule has 1 saturated heterocycles. The molecule has 1 heterocycles. The monoisotopic (exact) mass is 271 g/mol. The predicted molar refractivity (Wildman–Crippen MR) is 74.9 cm³/mol. The summed E-state index contributed by atoms with van der Waals surface area (Å²) >= 11 is 1.13. The summed E-state index contributed by atoms with van der Waals surface area (Å²) in [6.07, 6.45) is 3.37. The van der Waals surface area contributed by atoms with Crippen LogP contribution in [0.3, 0.4) is 0 Å². The number of aliphatic carboxylic acids is 1. The molecule has 1 aliphatic heterocycles. The second-order valence-electron chi connectivity index (χ2n) is 4.33. The molecule has 0 spiro atoms. The molecule has 0 aromatic rings. The summed E-state index contributed by atoms with van der Waals surface area (Å²) in [7, 11) is 2.10. The first-order chi connectivity index (χ1) is 8.54. The van der Waals surface area contributed by atoms with Gasteiger partial charge in [0.15, 0.2) is 0 Å². The van der Waals surface area contributed by atoms with Crippen LogP contribution in [0.2, 0.25) is 0 Å². The average Bonchev–Trinajstić information content (AvgIpc) is 2.30. The maximum absolute atomic E-state index is 10.9. The van der Waals surface area contributed by atoms with Gasteiger partial charge in [-0.3, -0.25) is 0 Å². The van der Waals surface area contributed by atoms with Crippen LogP contribution in [0.15, 0.2) is 22.7 Å². The van der Waals surface area contributed by atoms with Crippen molar-refractivity contribution >= 4 is 17.7 Å². The van der Waals surface area contributed by atoms with Gasteiger partial charge in [-0.2, -0.15) is 0 Å². The van der Waals surface area contributed by atoms with E-state index in [1.807, 2.05) is 0 Å². The van der Waals surface area contributed by atoms with Crippen LogP contribution in [0.5, 0.6) is 0 Å². The van der Waals surface area contributed by atoms with E-state index in [1.165, 1.54) is 0 Å². The van der Waals surface area contributed by atoms with Crippen molar-refractivity contribution in [3.8, 4) is 0 Å². The molecule has 0 saturated carbocycles. The summed E-state index contributed by atoms with van der Waals surface area (Å²) in [6, 6.07) is 0. The highest BCUT2D eigenvalue weighted by molar-refractivity contribution is 8.07. The quantitative estimate of drug-likeness (QED) is 0.746. The van der Waals surface area contributed by atoms with Crippen LogP contribution < -0.4 is 5.73 Å². The van der Waals surface area contributed by atoms with Gasteiger partial charge in [-0.25, -0.2) is 4.79 Å². The molecule has 1 fully saturated rings. The Bertz CT molecular complexity index is 344. The van der Waals surface area contributed by atoms with Gasteiger partial charge in [0.05, 0.1) is 5.03 Å². The first-order valence-electron chi connectivity index (χ1n) is 6.00. The first-order valence-corrected chi connectivity index (χ1v) is 6.81. The summed E-state index contributed by atoms with van der Waals surface area (Å²) < 4.78 is 0. The Balaban J connectivity index is 2.56. The molecule has 102 valence electrons. The molecule has 0 aromatic carbocycles. The number of thioether (sulfide) groups is 1. The summed E-state index contributed by atoms with van der Waals surface area (Å²) in [5.41, 5.74) is 5.30. The number of hydrogen-bond donors (Lipinski definition) is 2. The SMILES string of the molecule is C=C(S/C(=C\N)C(=O)O)N1CCCCN(C)CC1. The normalized spacial score (nSPS) is 19.2. The van der Waals surface area contributed by atoms with Crippen LogP contribution in [-0.4, -0.2) is 54.1 Å². The van der Waals surface area contributed by atoms with Gasteiger partial charge in [0, 0.05) is 25.8 Å². The minimum atomic E-state index is -1.01. The maximum Gasteiger partial charge on any atom is 0.344 e. The van der Waals surface area contributed by atoms with E-state index in [0.29, 0.717) is 0 Å². The molecule has 0 unspecified atom stereocenters. The number of rotatable bonds is 4. The lowest BCUT2D eigenvalue weighted by Crippen LogP contribution is -2.36. The van der Waals surface area contributed by atoms with Crippen molar-refractivity contribution in [1.82, 2.24) is 9.80 Å². The highest BCUT2D eigenvalue weighted by Gasteiger charge is 2.16. The third kappa shape index (κ3) is 4.62. The van der Waals surface area contributed by atoms with Gasteiger partial charge in [-0.05, 0) is 26.4 Å². The zero-order chi connectivity index (χ0) is 13.5. The minimum Gasteiger partial charge on any atom is -0.477 e. The zero-order valence-corrected chi connectivity index (χ0v) is 11.6. The number of carboxylic acid groups (broad SMARTS) is 1. The summed E-state index contributed by atoms with van der Waals surface area (Å²) in [5, 5.41) is 9.68. The van der Waals surface area contributed by atoms with Crippen LogP contribution in [0.1, 0.15) is 12.8 Å². The third-order valence-electron chi connectivity index (χ3n) is 2.91. The summed E-state index contributed by atoms with van der Waals surface area (Å²) in [4.78, 5) is 15.4. The lowest BCUT2D eigenvalue weighted by atomic mass is 10.2. The highest BCUT2D eigenvalue weighted by atomic mass is 32.2. The average molecular weight is 271 g/mol. The van der Waals surface area contributed by atoms with Gasteiger partial charge < -0.3 is 20.6 Å². The van der Waals surface area contributed by atoms with Crippen molar-refractivity contribution in [2.24, 2.45) is 5.73 Å². The van der Waals surface area contributed by atoms with Gasteiger partial charge in [-0.15, -0.1) is 0 Å². The molecule has 1 aliphatic rings. The van der Waals surface area contributed by atoms with E-state index in [-0.39, 0.29) is 4.91 Å². The molecule has 0 amide bonds. The standard InChI is InChI=1S/C12H21N3O2S/c1-10(18-11(9-13)12(16)17)15-6-4-3-5-14(2)7-8-15/h9H,1,3-8,13H2,2H3,(H,16,17)/b11-9-. The molecule has 0 aromatic heterocycles. The Morgan fingerprint density at radius 3 is 2.61 bits per heavy atom. The fourth-order valence-electron chi connectivity index (χ4n) is 1.79. The van der Waals surface area contributed by atoms with Crippen LogP contribution >= 0.6 is 11.8 Å². The Labute approximate surface area is 112 Å². The molecule has 0 aliphatic carbocycles. The second kappa shape index (κ2) is 7.33. The second-order valence-corrected chi connectivity index (χ2v) is 5.44. The smallest absolute Gasteiger partial charge is 0.344 e. The van der Waals surface area contributed by atoms with E-state index in [4.69, 9.17) is 10.8 Å². The molecule has 3 N–H and O–H groups in total. The van der Waals surface area contributed by atoms with E-state index < -0.39 is 5.97 Å². The number of nitrogens with two attached hydrogens (primary N) is 1. The number of likely N-dealkylation sites (N-methyl/N-ethyl adjacent to an activating group) is 1. The van der Waals surface area contributed by atoms with Crippen LogP contribution in [0.4, 0.5) is 0 Å². The fraction of sp³-hybridized carbons (Fsp3) is 0.583. The van der Waals surface area contributed by atoms with Crippen LogP contribution in [0.25, 0.3) is 0 Å². The molecular formula is C12H21N3O2S. The van der Waals surface area contributed by atoms with Gasteiger partial charge in [0.1, 0.15) is 4.91 Å². The molecule has 18 heavy (non-hydrogen) atoms. The Kier molecular flexibility index (Phi) is 6.07. The Morgan fingerprint density at radius 1 is 1.33 bits per heavy atom. The Hall–Kier alpha value is -1.14. The number of carboxylic acids is 1. The molecular weight excluding hydrogens is 250 g/mol. The third-order valence-corrected chi connectivity index (χ3v) is 3.94. The lowest BCUT2D eigenvalue weighted by molar-refractivity contribution is -0.131. The maximum atomic E-state index is 10.9. The van der Waals surface area contributed by atoms with Crippen LogP contribution in [0, 0.1) is 0 Å². The topological polar surface area (TPSA) is 69.8 Å². The number of nitrogens with zero attached hydrogens (tertiary/aromatic N) is 2.